The molecule has 4 aromatic rings. The predicted octanol–water partition coefficient (Wildman–Crippen LogP) is 2.31. The number of fused-ring (bicyclic) bond motifs is 1. The van der Waals surface area contributed by atoms with E-state index in [1.807, 2.05) is 0 Å². The number of hydrogen-bond donors (Lipinski definition) is 1. The van der Waals surface area contributed by atoms with Crippen molar-refractivity contribution in [2.75, 3.05) is 27.4 Å². The number of carboxylic acids is 1. The molecule has 0 amide bonds. The number of nitrogens with zero attached hydrogens (tertiary/aromatic N) is 5. The molecule has 12 nitrogen and oxygen atoms in total. The molecular formula is C24H26FN5O7S. The van der Waals surface area contributed by atoms with E-state index < -0.39 is 35.2 Å². The summed E-state index contributed by atoms with van der Waals surface area (Å²) >= 11 is 1.10. The van der Waals surface area contributed by atoms with Crippen LogP contribution in [-0.4, -0.2) is 62.6 Å². The van der Waals surface area contributed by atoms with Crippen LogP contribution >= 0.6 is 11.3 Å². The molecule has 1 N–H and O–H groups in total. The Morgan fingerprint density at radius 1 is 1.18 bits per heavy atom. The van der Waals surface area contributed by atoms with E-state index in [1.54, 1.807) is 6.92 Å². The predicted molar refractivity (Wildman–Crippen MR) is 136 cm³/mol. The largest absolute Gasteiger partial charge is 0.496 e. The molecule has 1 aromatic carbocycles. The lowest BCUT2D eigenvalue weighted by molar-refractivity contribution is -0.140. The summed E-state index contributed by atoms with van der Waals surface area (Å²) in [5, 5.41) is 18.5. The van der Waals surface area contributed by atoms with Gasteiger partial charge in [-0.15, -0.1) is 4.80 Å². The molecule has 0 fully saturated rings. The molecule has 14 heteroatoms. The van der Waals surface area contributed by atoms with E-state index in [9.17, 15) is 23.9 Å². The fraction of sp³-hybridized carbons (Fsp3) is 0.375. The molecule has 0 radical (unpaired) electrons. The third-order valence-corrected chi connectivity index (χ3v) is 7.34. The summed E-state index contributed by atoms with van der Waals surface area (Å²) in [7, 11) is 2.92. The van der Waals surface area contributed by atoms with E-state index in [1.165, 1.54) is 61.1 Å². The van der Waals surface area contributed by atoms with E-state index >= 15 is 0 Å². The van der Waals surface area contributed by atoms with Crippen LogP contribution in [0.2, 0.25) is 0 Å². The minimum absolute atomic E-state index is 0.107. The van der Waals surface area contributed by atoms with Crippen molar-refractivity contribution in [2.45, 2.75) is 32.5 Å². The first-order chi connectivity index (χ1) is 18.2. The highest BCUT2D eigenvalue weighted by atomic mass is 32.1. The maximum atomic E-state index is 14.3. The van der Waals surface area contributed by atoms with Crippen molar-refractivity contribution in [3.63, 3.8) is 0 Å². The lowest BCUT2D eigenvalue weighted by atomic mass is 10.1. The normalized spacial score (nSPS) is 13.1. The second kappa shape index (κ2) is 11.2. The summed E-state index contributed by atoms with van der Waals surface area (Å²) in [6.45, 7) is 3.07. The number of thiophene rings is 1. The van der Waals surface area contributed by atoms with Gasteiger partial charge in [0.2, 0.25) is 0 Å². The number of ether oxygens (including phenoxy) is 3. The van der Waals surface area contributed by atoms with Gasteiger partial charge in [0.15, 0.2) is 0 Å². The van der Waals surface area contributed by atoms with Gasteiger partial charge in [-0.25, -0.2) is 18.5 Å². The highest BCUT2D eigenvalue weighted by Gasteiger charge is 2.28. The van der Waals surface area contributed by atoms with Crippen LogP contribution in [0.1, 0.15) is 30.2 Å². The van der Waals surface area contributed by atoms with E-state index in [0.717, 1.165) is 11.3 Å². The molecular weight excluding hydrogens is 521 g/mol. The zero-order valence-electron chi connectivity index (χ0n) is 21.1. The Balaban J connectivity index is 1.99. The van der Waals surface area contributed by atoms with Crippen molar-refractivity contribution < 1.29 is 28.5 Å². The fourth-order valence-electron chi connectivity index (χ4n) is 4.11. The third-order valence-electron chi connectivity index (χ3n) is 6.06. The fourth-order valence-corrected chi connectivity index (χ4v) is 5.33. The molecule has 1 unspecified atom stereocenters. The number of aliphatic carboxylic acids is 1. The van der Waals surface area contributed by atoms with Gasteiger partial charge in [-0.2, -0.15) is 10.2 Å². The standard InChI is InChI=1S/C24H26FN5O7S/c1-13-19-20(31)29(14(2)23(32)33)24(34)28(22(19)38-21(13)30-26-7-8-27-30)12-18(37-10-9-35-3)16-11-15(25)5-6-17(16)36-4/h5-8,11,14,18H,9-10,12H2,1-4H3,(H,32,33)/t14?,18-/m0/s1. The molecule has 0 spiro atoms. The third kappa shape index (κ3) is 4.97. The SMILES string of the molecule is COCCO[C@@H](Cn1c(=O)n(C(C)C(=O)O)c(=O)c2c(C)c(-n3nccn3)sc21)c1cc(F)ccc1OC. The first kappa shape index (κ1) is 27.2. The zero-order valence-corrected chi connectivity index (χ0v) is 21.9. The molecule has 4 rings (SSSR count). The number of hydrogen-bond acceptors (Lipinski definition) is 9. The van der Waals surface area contributed by atoms with Crippen LogP contribution in [-0.2, 0) is 20.8 Å². The van der Waals surface area contributed by atoms with Crippen LogP contribution in [0.5, 0.6) is 5.75 Å². The highest BCUT2D eigenvalue weighted by molar-refractivity contribution is 7.21. The summed E-state index contributed by atoms with van der Waals surface area (Å²) in [5.41, 5.74) is -0.792. The Morgan fingerprint density at radius 3 is 2.53 bits per heavy atom. The topological polar surface area (TPSA) is 140 Å². The summed E-state index contributed by atoms with van der Waals surface area (Å²) in [4.78, 5) is 40.6. The molecule has 0 aliphatic rings. The number of rotatable bonds is 11. The quantitative estimate of drug-likeness (QED) is 0.280. The Bertz CT molecular complexity index is 1580. The summed E-state index contributed by atoms with van der Waals surface area (Å²) in [5.74, 6) is -1.56. The molecule has 0 aliphatic heterocycles. The molecule has 0 aliphatic carbocycles. The van der Waals surface area contributed by atoms with Crippen LogP contribution in [0.15, 0.2) is 40.2 Å². The van der Waals surface area contributed by atoms with Gasteiger partial charge < -0.3 is 19.3 Å². The molecule has 38 heavy (non-hydrogen) atoms. The number of benzene rings is 1. The molecule has 0 saturated carbocycles. The number of carbonyl (C=O) groups is 1. The average Bonchev–Trinajstić information content (AvgIpc) is 3.53. The Labute approximate surface area is 219 Å². The van der Waals surface area contributed by atoms with Gasteiger partial charge in [0.25, 0.3) is 5.56 Å². The number of aromatic nitrogens is 5. The van der Waals surface area contributed by atoms with Gasteiger partial charge in [-0.05, 0) is 32.0 Å². The monoisotopic (exact) mass is 547 g/mol. The van der Waals surface area contributed by atoms with Crippen molar-refractivity contribution >= 4 is 27.5 Å². The van der Waals surface area contributed by atoms with Gasteiger partial charge in [-0.1, -0.05) is 11.3 Å². The lowest BCUT2D eigenvalue weighted by Crippen LogP contribution is -2.44. The minimum Gasteiger partial charge on any atom is -0.496 e. The number of aryl methyl sites for hydroxylation is 1. The van der Waals surface area contributed by atoms with Crippen molar-refractivity contribution in [1.82, 2.24) is 24.1 Å². The first-order valence-electron chi connectivity index (χ1n) is 11.5. The van der Waals surface area contributed by atoms with Crippen LogP contribution in [0.3, 0.4) is 0 Å². The maximum Gasteiger partial charge on any atom is 0.333 e. The van der Waals surface area contributed by atoms with Crippen molar-refractivity contribution in [1.29, 1.82) is 0 Å². The summed E-state index contributed by atoms with van der Waals surface area (Å²) in [6.07, 6.45) is 2.02. The van der Waals surface area contributed by atoms with Crippen LogP contribution < -0.4 is 16.0 Å². The Kier molecular flexibility index (Phi) is 8.04. The average molecular weight is 548 g/mol. The molecule has 0 bridgehead atoms. The number of halogens is 1. The summed E-state index contributed by atoms with van der Waals surface area (Å²) in [6, 6.07) is 2.47. The van der Waals surface area contributed by atoms with E-state index in [-0.39, 0.29) is 30.0 Å². The maximum absolute atomic E-state index is 14.3. The van der Waals surface area contributed by atoms with E-state index in [0.29, 0.717) is 26.4 Å². The summed E-state index contributed by atoms with van der Waals surface area (Å²) < 4.78 is 32.8. The second-order valence-corrected chi connectivity index (χ2v) is 9.33. The molecule has 2 atom stereocenters. The number of methoxy groups -OCH3 is 2. The van der Waals surface area contributed by atoms with Gasteiger partial charge in [0.05, 0.1) is 44.6 Å². The first-order valence-corrected chi connectivity index (χ1v) is 12.3. The van der Waals surface area contributed by atoms with Crippen molar-refractivity contribution in [2.24, 2.45) is 0 Å². The van der Waals surface area contributed by atoms with Crippen LogP contribution in [0.4, 0.5) is 4.39 Å². The van der Waals surface area contributed by atoms with Crippen molar-refractivity contribution in [3.8, 4) is 10.8 Å². The van der Waals surface area contributed by atoms with E-state index in [2.05, 4.69) is 10.2 Å². The smallest absolute Gasteiger partial charge is 0.333 e. The van der Waals surface area contributed by atoms with Gasteiger partial charge >= 0.3 is 11.7 Å². The number of carboxylic acid groups (broad SMARTS) is 1. The highest BCUT2D eigenvalue weighted by Crippen LogP contribution is 2.34. The Morgan fingerprint density at radius 2 is 1.89 bits per heavy atom. The van der Waals surface area contributed by atoms with Crippen LogP contribution in [0, 0.1) is 12.7 Å². The second-order valence-electron chi connectivity index (χ2n) is 8.35. The van der Waals surface area contributed by atoms with Gasteiger partial charge in [-0.3, -0.25) is 9.36 Å². The molecule has 3 aromatic heterocycles. The molecule has 202 valence electrons. The van der Waals surface area contributed by atoms with Gasteiger partial charge in [0.1, 0.15) is 33.5 Å². The van der Waals surface area contributed by atoms with Crippen LogP contribution in [0.25, 0.3) is 15.2 Å². The molecule has 3 heterocycles. The van der Waals surface area contributed by atoms with Crippen molar-refractivity contribution in [3.05, 3.63) is 68.4 Å². The van der Waals surface area contributed by atoms with E-state index in [4.69, 9.17) is 14.2 Å². The molecule has 0 saturated heterocycles. The Hall–Kier alpha value is -3.88. The van der Waals surface area contributed by atoms with Gasteiger partial charge in [0, 0.05) is 18.2 Å². The zero-order chi connectivity index (χ0) is 27.6. The lowest BCUT2D eigenvalue weighted by Gasteiger charge is -2.23. The minimum atomic E-state index is -1.45.